The molecule has 2 unspecified atom stereocenters. The van der Waals surface area contributed by atoms with Crippen LogP contribution in [0.2, 0.25) is 0 Å². The predicted octanol–water partition coefficient (Wildman–Crippen LogP) is 4.33. The summed E-state index contributed by atoms with van der Waals surface area (Å²) in [6.07, 6.45) is 7.74. The van der Waals surface area contributed by atoms with Crippen molar-refractivity contribution in [1.82, 2.24) is 15.2 Å². The van der Waals surface area contributed by atoms with Crippen LogP contribution in [0.1, 0.15) is 54.4 Å². The predicted molar refractivity (Wildman–Crippen MR) is 135 cm³/mol. The molecule has 5 rings (SSSR count). The van der Waals surface area contributed by atoms with Gasteiger partial charge in [0.2, 0.25) is 11.8 Å². The lowest BCUT2D eigenvalue weighted by molar-refractivity contribution is -0.133. The summed E-state index contributed by atoms with van der Waals surface area (Å²) in [5.74, 6) is -0.0104. The van der Waals surface area contributed by atoms with E-state index in [1.54, 1.807) is 24.5 Å². The molecule has 0 saturated carbocycles. The first-order chi connectivity index (χ1) is 17.0. The SMILES string of the molecule is O=C1CCC(CCC(=O)N2CCCC(C(=O)c3cccnc3)C2)(Cc2cccc3ccccc23)N1. The van der Waals surface area contributed by atoms with Crippen LogP contribution in [0.15, 0.2) is 67.0 Å². The molecule has 2 fully saturated rings. The van der Waals surface area contributed by atoms with E-state index in [1.807, 2.05) is 17.0 Å². The van der Waals surface area contributed by atoms with Gasteiger partial charge in [0.05, 0.1) is 0 Å². The Kier molecular flexibility index (Phi) is 6.62. The highest BCUT2D eigenvalue weighted by Crippen LogP contribution is 2.33. The maximum Gasteiger partial charge on any atom is 0.222 e. The van der Waals surface area contributed by atoms with Crippen LogP contribution in [0.25, 0.3) is 10.8 Å². The first-order valence-electron chi connectivity index (χ1n) is 12.5. The Morgan fingerprint density at radius 3 is 2.74 bits per heavy atom. The lowest BCUT2D eigenvalue weighted by Crippen LogP contribution is -2.46. The number of amides is 2. The van der Waals surface area contributed by atoms with Gasteiger partial charge in [0.25, 0.3) is 0 Å². The molecule has 0 radical (unpaired) electrons. The summed E-state index contributed by atoms with van der Waals surface area (Å²) in [7, 11) is 0. The number of fused-ring (bicyclic) bond motifs is 1. The van der Waals surface area contributed by atoms with Crippen LogP contribution >= 0.6 is 0 Å². The van der Waals surface area contributed by atoms with Gasteiger partial charge in [0, 0.05) is 55.3 Å². The molecule has 2 aromatic carbocycles. The van der Waals surface area contributed by atoms with E-state index in [0.29, 0.717) is 44.3 Å². The number of carbonyl (C=O) groups is 3. The van der Waals surface area contributed by atoms with Crippen molar-refractivity contribution in [3.63, 3.8) is 0 Å². The van der Waals surface area contributed by atoms with Gasteiger partial charge >= 0.3 is 0 Å². The summed E-state index contributed by atoms with van der Waals surface area (Å²) in [6, 6.07) is 18.1. The number of nitrogens with zero attached hydrogens (tertiary/aromatic N) is 2. The number of carbonyl (C=O) groups excluding carboxylic acids is 3. The minimum atomic E-state index is -0.419. The fourth-order valence-electron chi connectivity index (χ4n) is 5.66. The molecule has 3 heterocycles. The molecule has 0 bridgehead atoms. The van der Waals surface area contributed by atoms with E-state index in [-0.39, 0.29) is 23.5 Å². The van der Waals surface area contributed by atoms with E-state index in [1.165, 1.54) is 16.3 Å². The number of rotatable bonds is 7. The van der Waals surface area contributed by atoms with Crippen molar-refractivity contribution < 1.29 is 14.4 Å². The number of hydrogen-bond donors (Lipinski definition) is 1. The molecule has 2 amide bonds. The molecule has 2 aliphatic heterocycles. The first kappa shape index (κ1) is 23.2. The summed E-state index contributed by atoms with van der Waals surface area (Å²) in [5, 5.41) is 5.58. The third kappa shape index (κ3) is 5.11. The summed E-state index contributed by atoms with van der Waals surface area (Å²) in [5.41, 5.74) is 1.38. The maximum absolute atomic E-state index is 13.2. The average Bonchev–Trinajstić information content (AvgIpc) is 3.28. The molecular weight excluding hydrogens is 438 g/mol. The monoisotopic (exact) mass is 469 g/mol. The highest BCUT2D eigenvalue weighted by Gasteiger charge is 2.39. The number of hydrogen-bond acceptors (Lipinski definition) is 4. The molecule has 180 valence electrons. The molecule has 6 nitrogen and oxygen atoms in total. The van der Waals surface area contributed by atoms with Crippen LogP contribution < -0.4 is 5.32 Å². The lowest BCUT2D eigenvalue weighted by Gasteiger charge is -2.34. The first-order valence-corrected chi connectivity index (χ1v) is 12.5. The van der Waals surface area contributed by atoms with Gasteiger partial charge in [-0.1, -0.05) is 42.5 Å². The van der Waals surface area contributed by atoms with Gasteiger partial charge in [-0.25, -0.2) is 0 Å². The van der Waals surface area contributed by atoms with Gasteiger partial charge in [-0.05, 0) is 60.6 Å². The van der Waals surface area contributed by atoms with Crippen LogP contribution in [-0.4, -0.2) is 46.1 Å². The van der Waals surface area contributed by atoms with Gasteiger partial charge in [-0.3, -0.25) is 19.4 Å². The molecular formula is C29H31N3O3. The molecule has 1 aromatic heterocycles. The molecule has 2 saturated heterocycles. The fourth-order valence-corrected chi connectivity index (χ4v) is 5.66. The summed E-state index contributed by atoms with van der Waals surface area (Å²) < 4.78 is 0. The quantitative estimate of drug-likeness (QED) is 0.523. The zero-order valence-corrected chi connectivity index (χ0v) is 19.9. The Labute approximate surface area is 205 Å². The number of benzene rings is 2. The zero-order chi connectivity index (χ0) is 24.3. The number of aromatic nitrogens is 1. The van der Waals surface area contributed by atoms with E-state index in [2.05, 4.69) is 40.6 Å². The normalized spacial score (nSPS) is 22.2. The molecule has 3 aromatic rings. The van der Waals surface area contributed by atoms with Crippen molar-refractivity contribution in [3.8, 4) is 0 Å². The van der Waals surface area contributed by atoms with Gasteiger partial charge < -0.3 is 10.2 Å². The van der Waals surface area contributed by atoms with E-state index < -0.39 is 5.54 Å². The fraction of sp³-hybridized carbons (Fsp3) is 0.379. The molecule has 1 N–H and O–H groups in total. The molecule has 0 aliphatic carbocycles. The van der Waals surface area contributed by atoms with Crippen molar-refractivity contribution in [3.05, 3.63) is 78.1 Å². The smallest absolute Gasteiger partial charge is 0.222 e. The number of likely N-dealkylation sites (tertiary alicyclic amines) is 1. The van der Waals surface area contributed by atoms with E-state index in [9.17, 15) is 14.4 Å². The lowest BCUT2D eigenvalue weighted by atomic mass is 9.83. The molecule has 2 atom stereocenters. The van der Waals surface area contributed by atoms with Crippen LogP contribution in [0.5, 0.6) is 0 Å². The summed E-state index contributed by atoms with van der Waals surface area (Å²) in [4.78, 5) is 44.3. The van der Waals surface area contributed by atoms with Crippen molar-refractivity contribution in [2.45, 2.75) is 50.5 Å². The topological polar surface area (TPSA) is 79.4 Å². The van der Waals surface area contributed by atoms with Gasteiger partial charge in [0.1, 0.15) is 0 Å². The Balaban J connectivity index is 1.27. The molecule has 0 spiro atoms. The number of nitrogens with one attached hydrogen (secondary N) is 1. The van der Waals surface area contributed by atoms with Crippen LogP contribution in [0, 0.1) is 5.92 Å². The van der Waals surface area contributed by atoms with Crippen LogP contribution in [0.3, 0.4) is 0 Å². The second-order valence-corrected chi connectivity index (χ2v) is 9.93. The Morgan fingerprint density at radius 1 is 1.09 bits per heavy atom. The van der Waals surface area contributed by atoms with Crippen molar-refractivity contribution in [2.24, 2.45) is 5.92 Å². The van der Waals surface area contributed by atoms with Crippen molar-refractivity contribution in [1.29, 1.82) is 0 Å². The van der Waals surface area contributed by atoms with E-state index in [4.69, 9.17) is 0 Å². The van der Waals surface area contributed by atoms with Crippen LogP contribution in [0.4, 0.5) is 0 Å². The Hall–Kier alpha value is -3.54. The standard InChI is InChI=1S/C29H31N3O3/c33-26-12-14-29(31-26,18-22-8-3-7-21-6-1-2-11-25(21)22)15-13-27(34)32-17-5-10-24(20-32)28(35)23-9-4-16-30-19-23/h1-4,6-9,11,16,19,24H,5,10,12-15,17-18,20H2,(H,31,33). The van der Waals surface area contributed by atoms with E-state index in [0.717, 1.165) is 19.3 Å². The zero-order valence-electron chi connectivity index (χ0n) is 19.9. The minimum Gasteiger partial charge on any atom is -0.350 e. The van der Waals surface area contributed by atoms with Gasteiger partial charge in [0.15, 0.2) is 5.78 Å². The molecule has 35 heavy (non-hydrogen) atoms. The maximum atomic E-state index is 13.2. The Bertz CT molecular complexity index is 1240. The third-order valence-electron chi connectivity index (χ3n) is 7.55. The van der Waals surface area contributed by atoms with E-state index >= 15 is 0 Å². The van der Waals surface area contributed by atoms with Crippen molar-refractivity contribution >= 4 is 28.4 Å². The average molecular weight is 470 g/mol. The highest BCUT2D eigenvalue weighted by molar-refractivity contribution is 5.98. The largest absolute Gasteiger partial charge is 0.350 e. The molecule has 2 aliphatic rings. The van der Waals surface area contributed by atoms with Crippen molar-refractivity contribution in [2.75, 3.05) is 13.1 Å². The Morgan fingerprint density at radius 2 is 1.94 bits per heavy atom. The molecule has 6 heteroatoms. The second-order valence-electron chi connectivity index (χ2n) is 9.93. The minimum absolute atomic E-state index is 0.0535. The number of piperidine rings is 1. The van der Waals surface area contributed by atoms with Crippen LogP contribution in [-0.2, 0) is 16.0 Å². The second kappa shape index (κ2) is 9.98. The number of ketones is 1. The highest BCUT2D eigenvalue weighted by atomic mass is 16.2. The number of Topliss-reactive ketones (excluding diaryl/α,β-unsaturated/α-hetero) is 1. The summed E-state index contributed by atoms with van der Waals surface area (Å²) in [6.45, 7) is 1.13. The summed E-state index contributed by atoms with van der Waals surface area (Å²) >= 11 is 0. The third-order valence-corrected chi connectivity index (χ3v) is 7.55. The number of pyridine rings is 1. The van der Waals surface area contributed by atoms with Gasteiger partial charge in [-0.2, -0.15) is 0 Å². The van der Waals surface area contributed by atoms with Gasteiger partial charge in [-0.15, -0.1) is 0 Å².